The van der Waals surface area contributed by atoms with Crippen LogP contribution in [0.2, 0.25) is 0 Å². The van der Waals surface area contributed by atoms with Gasteiger partial charge in [0, 0.05) is 17.6 Å². The highest BCUT2D eigenvalue weighted by Crippen LogP contribution is 2.39. The Morgan fingerprint density at radius 3 is 2.61 bits per heavy atom. The van der Waals surface area contributed by atoms with E-state index in [4.69, 9.17) is 5.11 Å². The minimum Gasteiger partial charge on any atom is -0.481 e. The number of hydrogen-bond acceptors (Lipinski definition) is 4. The fourth-order valence-corrected chi connectivity index (χ4v) is 4.28. The van der Waals surface area contributed by atoms with Crippen molar-refractivity contribution in [2.75, 3.05) is 10.7 Å². The summed E-state index contributed by atoms with van der Waals surface area (Å²) in [7, 11) is -3.62. The summed E-state index contributed by atoms with van der Waals surface area (Å²) in [6.07, 6.45) is 2.07. The van der Waals surface area contributed by atoms with E-state index in [2.05, 4.69) is 0 Å². The number of carbonyl (C=O) groups excluding carboxylic acids is 1. The largest absolute Gasteiger partial charge is 0.481 e. The Balaban J connectivity index is 1.87. The highest BCUT2D eigenvalue weighted by molar-refractivity contribution is 7.91. The maximum absolute atomic E-state index is 12.4. The average Bonchev–Trinajstić information content (AvgIpc) is 3.27. The number of rotatable bonds is 5. The highest BCUT2D eigenvalue weighted by Gasteiger charge is 2.39. The van der Waals surface area contributed by atoms with Crippen molar-refractivity contribution >= 4 is 27.4 Å². The average molecular weight is 337 g/mol. The number of aliphatic carboxylic acids is 1. The van der Waals surface area contributed by atoms with Crippen molar-refractivity contribution in [2.24, 2.45) is 5.92 Å². The molecule has 1 aromatic carbocycles. The number of anilines is 1. The van der Waals surface area contributed by atoms with E-state index in [1.165, 1.54) is 6.07 Å². The molecule has 1 aromatic rings. The van der Waals surface area contributed by atoms with Gasteiger partial charge in [0.15, 0.2) is 9.84 Å². The third-order valence-corrected chi connectivity index (χ3v) is 6.09. The predicted molar refractivity (Wildman–Crippen MR) is 84.1 cm³/mol. The van der Waals surface area contributed by atoms with Crippen molar-refractivity contribution < 1.29 is 23.1 Å². The SMILES string of the molecule is C[C@@H]1Cc2cc(S(=O)(=O)CCC(=O)O)ccc2N1C(=O)C1CC1. The standard InChI is InChI=1S/C16H19NO5S/c1-10-8-12-9-13(23(21,22)7-6-15(18)19)4-5-14(12)17(10)16(20)11-2-3-11/h4-5,9-11H,2-3,6-8H2,1H3,(H,18,19)/t10-/m1/s1. The zero-order valence-corrected chi connectivity index (χ0v) is 13.7. The van der Waals surface area contributed by atoms with Crippen LogP contribution in [-0.4, -0.2) is 37.2 Å². The zero-order chi connectivity index (χ0) is 16.8. The van der Waals surface area contributed by atoms with Crippen LogP contribution in [0.4, 0.5) is 5.69 Å². The first-order chi connectivity index (χ1) is 10.8. The molecule has 1 saturated carbocycles. The van der Waals surface area contributed by atoms with Crippen LogP contribution in [0.25, 0.3) is 0 Å². The number of hydrogen-bond donors (Lipinski definition) is 1. The van der Waals surface area contributed by atoms with Crippen LogP contribution in [0.15, 0.2) is 23.1 Å². The lowest BCUT2D eigenvalue weighted by atomic mass is 10.1. The molecule has 1 N–H and O–H groups in total. The molecular weight excluding hydrogens is 318 g/mol. The van der Waals surface area contributed by atoms with E-state index >= 15 is 0 Å². The van der Waals surface area contributed by atoms with Crippen molar-refractivity contribution in [1.29, 1.82) is 0 Å². The van der Waals surface area contributed by atoms with Gasteiger partial charge in [-0.15, -0.1) is 0 Å². The third kappa shape index (κ3) is 3.10. The highest BCUT2D eigenvalue weighted by atomic mass is 32.2. The molecule has 0 unspecified atom stereocenters. The number of nitrogens with zero attached hydrogens (tertiary/aromatic N) is 1. The predicted octanol–water partition coefficient (Wildman–Crippen LogP) is 1.62. The summed E-state index contributed by atoms with van der Waals surface area (Å²) >= 11 is 0. The van der Waals surface area contributed by atoms with Gasteiger partial charge in [0.05, 0.1) is 17.1 Å². The molecule has 0 radical (unpaired) electrons. The summed E-state index contributed by atoms with van der Waals surface area (Å²) in [6.45, 7) is 1.96. The van der Waals surface area contributed by atoms with E-state index in [-0.39, 0.29) is 22.8 Å². The van der Waals surface area contributed by atoms with E-state index in [1.807, 2.05) is 6.92 Å². The maximum Gasteiger partial charge on any atom is 0.304 e. The van der Waals surface area contributed by atoms with Gasteiger partial charge < -0.3 is 10.0 Å². The van der Waals surface area contributed by atoms with Gasteiger partial charge in [-0.25, -0.2) is 8.42 Å². The maximum atomic E-state index is 12.4. The van der Waals surface area contributed by atoms with Crippen LogP contribution < -0.4 is 4.90 Å². The van der Waals surface area contributed by atoms with Gasteiger partial charge in [0.2, 0.25) is 5.91 Å². The number of amides is 1. The quantitative estimate of drug-likeness (QED) is 0.881. The monoisotopic (exact) mass is 337 g/mol. The molecular formula is C16H19NO5S. The number of benzene rings is 1. The molecule has 1 aliphatic carbocycles. The molecule has 6 nitrogen and oxygen atoms in total. The molecule has 0 saturated heterocycles. The third-order valence-electron chi connectivity index (χ3n) is 4.37. The molecule has 124 valence electrons. The minimum atomic E-state index is -3.62. The van der Waals surface area contributed by atoms with Crippen LogP contribution in [-0.2, 0) is 25.8 Å². The molecule has 0 aromatic heterocycles. The van der Waals surface area contributed by atoms with E-state index in [9.17, 15) is 18.0 Å². The van der Waals surface area contributed by atoms with Crippen molar-refractivity contribution in [3.63, 3.8) is 0 Å². The van der Waals surface area contributed by atoms with Gasteiger partial charge in [-0.1, -0.05) is 0 Å². The fraction of sp³-hybridized carbons (Fsp3) is 0.500. The lowest BCUT2D eigenvalue weighted by Crippen LogP contribution is -2.36. The van der Waals surface area contributed by atoms with Gasteiger partial charge in [-0.05, 0) is 49.9 Å². The Bertz CT molecular complexity index is 767. The van der Waals surface area contributed by atoms with E-state index in [0.29, 0.717) is 6.42 Å². The van der Waals surface area contributed by atoms with Crippen LogP contribution in [0.3, 0.4) is 0 Å². The van der Waals surface area contributed by atoms with Crippen LogP contribution in [0, 0.1) is 5.92 Å². The lowest BCUT2D eigenvalue weighted by Gasteiger charge is -2.22. The van der Waals surface area contributed by atoms with Crippen LogP contribution in [0.5, 0.6) is 0 Å². The Morgan fingerprint density at radius 1 is 1.30 bits per heavy atom. The minimum absolute atomic E-state index is 0.0232. The number of sulfone groups is 1. The molecule has 0 spiro atoms. The van der Waals surface area contributed by atoms with Crippen LogP contribution in [0.1, 0.15) is 31.7 Å². The molecule has 1 heterocycles. The lowest BCUT2D eigenvalue weighted by molar-refractivity contribution is -0.136. The fourth-order valence-electron chi connectivity index (χ4n) is 3.00. The van der Waals surface area contributed by atoms with E-state index in [0.717, 1.165) is 24.1 Å². The molecule has 23 heavy (non-hydrogen) atoms. The first kappa shape index (κ1) is 16.0. The second kappa shape index (κ2) is 5.63. The molecule has 1 aliphatic heterocycles. The molecule has 2 aliphatic rings. The molecule has 3 rings (SSSR count). The number of carboxylic acids is 1. The topological polar surface area (TPSA) is 91.8 Å². The Kier molecular flexibility index (Phi) is 3.91. The van der Waals surface area contributed by atoms with Crippen molar-refractivity contribution in [3.05, 3.63) is 23.8 Å². The summed E-state index contributed by atoms with van der Waals surface area (Å²) in [5.74, 6) is -1.31. The molecule has 0 bridgehead atoms. The molecule has 1 fully saturated rings. The Hall–Kier alpha value is -1.89. The molecule has 7 heteroatoms. The first-order valence-electron chi connectivity index (χ1n) is 7.70. The second-order valence-electron chi connectivity index (χ2n) is 6.29. The first-order valence-corrected chi connectivity index (χ1v) is 9.35. The normalized spacial score (nSPS) is 20.4. The summed E-state index contributed by atoms with van der Waals surface area (Å²) in [6, 6.07) is 4.76. The Labute approximate surface area is 135 Å². The zero-order valence-electron chi connectivity index (χ0n) is 12.9. The summed E-state index contributed by atoms with van der Waals surface area (Å²) < 4.78 is 24.4. The summed E-state index contributed by atoms with van der Waals surface area (Å²) in [5.41, 5.74) is 1.62. The number of fused-ring (bicyclic) bond motifs is 1. The van der Waals surface area contributed by atoms with Crippen molar-refractivity contribution in [3.8, 4) is 0 Å². The summed E-state index contributed by atoms with van der Waals surface area (Å²) in [5, 5.41) is 8.66. The number of carboxylic acid groups (broad SMARTS) is 1. The van der Waals surface area contributed by atoms with Crippen LogP contribution >= 0.6 is 0 Å². The number of carbonyl (C=O) groups is 2. The molecule has 1 atom stereocenters. The van der Waals surface area contributed by atoms with Crippen molar-refractivity contribution in [2.45, 2.75) is 43.5 Å². The van der Waals surface area contributed by atoms with E-state index in [1.54, 1.807) is 17.0 Å². The van der Waals surface area contributed by atoms with Crippen molar-refractivity contribution in [1.82, 2.24) is 0 Å². The van der Waals surface area contributed by atoms with E-state index < -0.39 is 28.0 Å². The van der Waals surface area contributed by atoms with Gasteiger partial charge in [0.1, 0.15) is 0 Å². The molecule has 1 amide bonds. The Morgan fingerprint density at radius 2 is 2.00 bits per heavy atom. The summed E-state index contributed by atoms with van der Waals surface area (Å²) in [4.78, 5) is 24.9. The van der Waals surface area contributed by atoms with Gasteiger partial charge >= 0.3 is 5.97 Å². The smallest absolute Gasteiger partial charge is 0.304 e. The second-order valence-corrected chi connectivity index (χ2v) is 8.40. The van der Waals surface area contributed by atoms with Gasteiger partial charge in [-0.2, -0.15) is 0 Å². The van der Waals surface area contributed by atoms with Gasteiger partial charge in [-0.3, -0.25) is 9.59 Å². The van der Waals surface area contributed by atoms with Gasteiger partial charge in [0.25, 0.3) is 0 Å².